The van der Waals surface area contributed by atoms with E-state index in [0.29, 0.717) is 16.6 Å². The van der Waals surface area contributed by atoms with E-state index in [9.17, 15) is 9.59 Å². The topological polar surface area (TPSA) is 64.0 Å². The number of carbonyl (C=O) groups excluding carboxylic acids is 2. The van der Waals surface area contributed by atoms with Gasteiger partial charge in [-0.15, -0.1) is 0 Å². The molecule has 0 spiro atoms. The number of halogens is 1. The Hall–Kier alpha value is -2.14. The van der Waals surface area contributed by atoms with Crippen LogP contribution in [0.4, 0.5) is 5.69 Å². The van der Waals surface area contributed by atoms with Gasteiger partial charge in [0, 0.05) is 29.2 Å². The first-order chi connectivity index (χ1) is 11.7. The molecule has 1 aromatic heterocycles. The Morgan fingerprint density at radius 1 is 1.20 bits per heavy atom. The van der Waals surface area contributed by atoms with E-state index in [1.165, 1.54) is 4.68 Å². The average Bonchev–Trinajstić information content (AvgIpc) is 2.84. The maximum atomic E-state index is 12.4. The fraction of sp³-hybridized carbons (Fsp3) is 0.421. The van der Waals surface area contributed by atoms with E-state index in [4.69, 9.17) is 11.6 Å². The van der Waals surface area contributed by atoms with Crippen LogP contribution >= 0.6 is 11.6 Å². The van der Waals surface area contributed by atoms with Gasteiger partial charge in [-0.25, -0.2) is 4.68 Å². The molecule has 0 fully saturated rings. The summed E-state index contributed by atoms with van der Waals surface area (Å²) in [7, 11) is 0. The van der Waals surface area contributed by atoms with Crippen molar-refractivity contribution in [3.8, 4) is 0 Å². The lowest BCUT2D eigenvalue weighted by Crippen LogP contribution is -2.19. The van der Waals surface area contributed by atoms with E-state index in [1.807, 2.05) is 20.8 Å². The SMILES string of the molecule is Cc1nn(C(=O)CCC(=O)Nc2cccc(Cl)c2C)c(C)c1C(C)C. The van der Waals surface area contributed by atoms with Gasteiger partial charge in [0.05, 0.1) is 5.69 Å². The van der Waals surface area contributed by atoms with E-state index in [1.54, 1.807) is 18.2 Å². The standard InChI is InChI=1S/C19H24ClN3O2/c1-11(2)19-13(4)22-23(14(19)5)18(25)10-9-17(24)21-16-8-6-7-15(20)12(16)3/h6-8,11H,9-10H2,1-5H3,(H,21,24). The van der Waals surface area contributed by atoms with Gasteiger partial charge < -0.3 is 5.32 Å². The fourth-order valence-corrected chi connectivity index (χ4v) is 3.19. The van der Waals surface area contributed by atoms with E-state index in [-0.39, 0.29) is 24.7 Å². The first-order valence-corrected chi connectivity index (χ1v) is 8.74. The number of rotatable bonds is 5. The van der Waals surface area contributed by atoms with Crippen LogP contribution in [-0.2, 0) is 4.79 Å². The van der Waals surface area contributed by atoms with E-state index in [0.717, 1.165) is 22.5 Å². The van der Waals surface area contributed by atoms with Crippen LogP contribution in [0.2, 0.25) is 5.02 Å². The number of nitrogens with zero attached hydrogens (tertiary/aromatic N) is 2. The van der Waals surface area contributed by atoms with Crippen LogP contribution in [0.5, 0.6) is 0 Å². The Balaban J connectivity index is 2.02. The van der Waals surface area contributed by atoms with Crippen molar-refractivity contribution in [3.63, 3.8) is 0 Å². The molecule has 0 aliphatic rings. The fourth-order valence-electron chi connectivity index (χ4n) is 3.02. The smallest absolute Gasteiger partial charge is 0.247 e. The highest BCUT2D eigenvalue weighted by atomic mass is 35.5. The third-order valence-electron chi connectivity index (χ3n) is 4.27. The Morgan fingerprint density at radius 3 is 2.48 bits per heavy atom. The van der Waals surface area contributed by atoms with Crippen LogP contribution in [0.15, 0.2) is 18.2 Å². The van der Waals surface area contributed by atoms with Crippen molar-refractivity contribution < 1.29 is 9.59 Å². The second kappa shape index (κ2) is 7.83. The molecule has 1 amide bonds. The first-order valence-electron chi connectivity index (χ1n) is 8.36. The van der Waals surface area contributed by atoms with Crippen molar-refractivity contribution in [1.82, 2.24) is 9.78 Å². The molecule has 1 N–H and O–H groups in total. The molecule has 0 aliphatic carbocycles. The third-order valence-corrected chi connectivity index (χ3v) is 4.68. The lowest BCUT2D eigenvalue weighted by atomic mass is 10.0. The normalized spacial score (nSPS) is 11.0. The summed E-state index contributed by atoms with van der Waals surface area (Å²) in [6.45, 7) is 9.79. The average molecular weight is 362 g/mol. The van der Waals surface area contributed by atoms with Crippen LogP contribution in [0.25, 0.3) is 0 Å². The predicted octanol–water partition coefficient (Wildman–Crippen LogP) is 4.64. The molecule has 0 bridgehead atoms. The number of benzene rings is 1. The molecule has 6 heteroatoms. The molecule has 25 heavy (non-hydrogen) atoms. The lowest BCUT2D eigenvalue weighted by molar-refractivity contribution is -0.116. The summed E-state index contributed by atoms with van der Waals surface area (Å²) in [5.74, 6) is -0.0922. The second-order valence-corrected chi connectivity index (χ2v) is 6.91. The van der Waals surface area contributed by atoms with Crippen molar-refractivity contribution in [2.45, 2.75) is 53.4 Å². The summed E-state index contributed by atoms with van der Waals surface area (Å²) in [5, 5.41) is 7.73. The number of hydrogen-bond acceptors (Lipinski definition) is 3. The zero-order valence-electron chi connectivity index (χ0n) is 15.3. The van der Waals surface area contributed by atoms with Crippen molar-refractivity contribution in [2.75, 3.05) is 5.32 Å². The van der Waals surface area contributed by atoms with Gasteiger partial charge in [0.2, 0.25) is 11.8 Å². The van der Waals surface area contributed by atoms with Crippen molar-refractivity contribution in [3.05, 3.63) is 45.7 Å². The summed E-state index contributed by atoms with van der Waals surface area (Å²) >= 11 is 6.05. The highest BCUT2D eigenvalue weighted by molar-refractivity contribution is 6.31. The molecule has 1 aromatic carbocycles. The van der Waals surface area contributed by atoms with Crippen molar-refractivity contribution in [1.29, 1.82) is 0 Å². The number of aromatic nitrogens is 2. The predicted molar refractivity (Wildman–Crippen MR) is 100 cm³/mol. The summed E-state index contributed by atoms with van der Waals surface area (Å²) in [4.78, 5) is 24.6. The molecule has 1 heterocycles. The van der Waals surface area contributed by atoms with Gasteiger partial charge in [-0.3, -0.25) is 9.59 Å². The molecule has 2 rings (SSSR count). The number of aryl methyl sites for hydroxylation is 1. The van der Waals surface area contributed by atoms with Crippen LogP contribution in [0, 0.1) is 20.8 Å². The van der Waals surface area contributed by atoms with Gasteiger partial charge in [0.15, 0.2) is 0 Å². The van der Waals surface area contributed by atoms with Crippen molar-refractivity contribution >= 4 is 29.1 Å². The largest absolute Gasteiger partial charge is 0.326 e. The molecule has 134 valence electrons. The Labute approximate surface area is 153 Å². The van der Waals surface area contributed by atoms with Crippen LogP contribution in [-0.4, -0.2) is 21.6 Å². The van der Waals surface area contributed by atoms with Gasteiger partial charge in [-0.1, -0.05) is 31.5 Å². The van der Waals surface area contributed by atoms with Crippen LogP contribution < -0.4 is 5.32 Å². The van der Waals surface area contributed by atoms with Gasteiger partial charge in [-0.2, -0.15) is 5.10 Å². The molecular weight excluding hydrogens is 338 g/mol. The molecule has 0 unspecified atom stereocenters. The molecule has 2 aromatic rings. The minimum Gasteiger partial charge on any atom is -0.326 e. The monoisotopic (exact) mass is 361 g/mol. The third kappa shape index (κ3) is 4.28. The molecule has 0 saturated carbocycles. The molecule has 0 aliphatic heterocycles. The number of amides is 1. The van der Waals surface area contributed by atoms with Crippen molar-refractivity contribution in [2.24, 2.45) is 0 Å². The highest BCUT2D eigenvalue weighted by Gasteiger charge is 2.19. The summed E-state index contributed by atoms with van der Waals surface area (Å²) in [5.41, 5.74) is 4.28. The Kier molecular flexibility index (Phi) is 6.01. The molecule has 5 nitrogen and oxygen atoms in total. The van der Waals surface area contributed by atoms with Crippen LogP contribution in [0.3, 0.4) is 0 Å². The molecule has 0 radical (unpaired) electrons. The molecular formula is C19H24ClN3O2. The zero-order valence-corrected chi connectivity index (χ0v) is 16.1. The Bertz CT molecular complexity index is 809. The van der Waals surface area contributed by atoms with E-state index in [2.05, 4.69) is 24.3 Å². The number of anilines is 1. The quantitative estimate of drug-likeness (QED) is 0.843. The summed E-state index contributed by atoms with van der Waals surface area (Å²) in [6.07, 6.45) is 0.199. The van der Waals surface area contributed by atoms with Crippen LogP contribution in [0.1, 0.15) is 59.9 Å². The van der Waals surface area contributed by atoms with Gasteiger partial charge in [-0.05, 0) is 49.9 Å². The zero-order chi connectivity index (χ0) is 18.7. The Morgan fingerprint density at radius 2 is 1.88 bits per heavy atom. The summed E-state index contributed by atoms with van der Waals surface area (Å²) in [6, 6.07) is 5.33. The second-order valence-electron chi connectivity index (χ2n) is 6.51. The van der Waals surface area contributed by atoms with Gasteiger partial charge in [0.1, 0.15) is 0 Å². The minimum absolute atomic E-state index is 0.0974. The summed E-state index contributed by atoms with van der Waals surface area (Å²) < 4.78 is 1.42. The highest BCUT2D eigenvalue weighted by Crippen LogP contribution is 2.24. The molecule has 0 atom stereocenters. The van der Waals surface area contributed by atoms with E-state index >= 15 is 0 Å². The minimum atomic E-state index is -0.218. The van der Waals surface area contributed by atoms with E-state index < -0.39 is 0 Å². The van der Waals surface area contributed by atoms with Gasteiger partial charge in [0.25, 0.3) is 0 Å². The molecule has 0 saturated heterocycles. The maximum absolute atomic E-state index is 12.4. The lowest BCUT2D eigenvalue weighted by Gasteiger charge is -2.10. The van der Waals surface area contributed by atoms with Gasteiger partial charge >= 0.3 is 0 Å². The number of nitrogens with one attached hydrogen (secondary N) is 1. The maximum Gasteiger partial charge on any atom is 0.247 e. The number of hydrogen-bond donors (Lipinski definition) is 1. The first kappa shape index (κ1) is 19.2. The number of carbonyl (C=O) groups is 2.